The first-order valence-corrected chi connectivity index (χ1v) is 17.0. The molecule has 1 unspecified atom stereocenters. The van der Waals surface area contributed by atoms with Crippen LogP contribution in [0.5, 0.6) is 0 Å². The summed E-state index contributed by atoms with van der Waals surface area (Å²) in [5.41, 5.74) is 11.2. The third-order valence-corrected chi connectivity index (χ3v) is 8.95. The van der Waals surface area contributed by atoms with E-state index in [-0.39, 0.29) is 40.8 Å². The highest BCUT2D eigenvalue weighted by atomic mass is 35.5. The first-order chi connectivity index (χ1) is 22.8. The second kappa shape index (κ2) is 13.8. The maximum absolute atomic E-state index is 14.1. The van der Waals surface area contributed by atoms with Crippen LogP contribution in [0.4, 0.5) is 20.6 Å². The molecule has 4 N–H and O–H groups in total. The number of carbonyl (C=O) groups is 1. The molecule has 0 bridgehead atoms. The van der Waals surface area contributed by atoms with Gasteiger partial charge in [0.15, 0.2) is 0 Å². The number of carbonyl (C=O) groups excluding carboxylic acids is 1. The van der Waals surface area contributed by atoms with Gasteiger partial charge in [0.1, 0.15) is 23.5 Å². The Bertz CT molecular complexity index is 1820. The first kappa shape index (κ1) is 33.7. The van der Waals surface area contributed by atoms with Crippen molar-refractivity contribution in [2.24, 2.45) is 10.7 Å². The molecule has 3 aromatic heterocycles. The van der Waals surface area contributed by atoms with Crippen LogP contribution in [0.1, 0.15) is 96.5 Å². The number of halogens is 2. The van der Waals surface area contributed by atoms with Crippen molar-refractivity contribution in [3.63, 3.8) is 0 Å². The number of rotatable bonds is 8. The summed E-state index contributed by atoms with van der Waals surface area (Å²) in [6.45, 7) is 10.5. The molecule has 2 fully saturated rings. The monoisotopic (exact) mass is 678 g/mol. The van der Waals surface area contributed by atoms with Crippen molar-refractivity contribution in [2.75, 3.05) is 11.9 Å². The van der Waals surface area contributed by atoms with Crippen LogP contribution < -0.4 is 16.4 Å². The van der Waals surface area contributed by atoms with Gasteiger partial charge in [-0.1, -0.05) is 25.4 Å². The van der Waals surface area contributed by atoms with Crippen LogP contribution in [0.3, 0.4) is 0 Å². The Morgan fingerprint density at radius 2 is 1.96 bits per heavy atom. The fraction of sp³-hybridized carbons (Fsp3) is 0.486. The Balaban J connectivity index is 1.37. The number of fused-ring (bicyclic) bond motifs is 1. The minimum atomic E-state index is -0.582. The van der Waals surface area contributed by atoms with E-state index in [1.54, 1.807) is 6.20 Å². The number of anilines is 1. The molecule has 0 radical (unpaired) electrons. The lowest BCUT2D eigenvalue weighted by atomic mass is 10.0. The summed E-state index contributed by atoms with van der Waals surface area (Å²) in [6, 6.07) is 5.99. The molecule has 1 aromatic carbocycles. The van der Waals surface area contributed by atoms with Crippen LogP contribution in [0.15, 0.2) is 47.8 Å². The fourth-order valence-corrected chi connectivity index (χ4v) is 6.53. The summed E-state index contributed by atoms with van der Waals surface area (Å²) in [6.07, 6.45) is 10.5. The minimum Gasteiger partial charge on any atom is -0.444 e. The van der Waals surface area contributed by atoms with E-state index >= 15 is 0 Å². The number of ether oxygens (including phenoxy) is 2. The number of nitrogens with one attached hydrogen (secondary N) is 2. The quantitative estimate of drug-likeness (QED) is 0.128. The summed E-state index contributed by atoms with van der Waals surface area (Å²) >= 11 is 6.34. The number of amides is 1. The van der Waals surface area contributed by atoms with E-state index in [1.165, 1.54) is 18.2 Å². The second-order valence-corrected chi connectivity index (χ2v) is 14.4. The van der Waals surface area contributed by atoms with Crippen molar-refractivity contribution in [3.8, 4) is 11.1 Å². The fourth-order valence-electron chi connectivity index (χ4n) is 6.37. The molecule has 4 heterocycles. The van der Waals surface area contributed by atoms with Crippen molar-refractivity contribution < 1.29 is 18.7 Å². The van der Waals surface area contributed by atoms with E-state index < -0.39 is 17.5 Å². The SMILES string of the molecule is CC(C)c1nn(C2CCCCO2)cc1-c1cc2c(N[C@@H]3CC[C@H](NC(=O)OC(C)(C)C)C3)c(C(N)=Nc3cc(F)ccc3Cl)cnn2c1. The number of hydrogen-bond donors (Lipinski definition) is 3. The number of aromatic nitrogens is 4. The number of hydrogen-bond acceptors (Lipinski definition) is 7. The highest BCUT2D eigenvalue weighted by molar-refractivity contribution is 6.33. The Hall–Kier alpha value is -4.16. The van der Waals surface area contributed by atoms with Crippen molar-refractivity contribution in [2.45, 2.75) is 103 Å². The normalized spacial score (nSPS) is 20.4. The number of alkyl carbamates (subject to hydrolysis) is 1. The van der Waals surface area contributed by atoms with Crippen molar-refractivity contribution in [1.82, 2.24) is 24.7 Å². The van der Waals surface area contributed by atoms with Gasteiger partial charge < -0.3 is 25.8 Å². The van der Waals surface area contributed by atoms with Crippen LogP contribution in [-0.4, -0.2) is 55.6 Å². The van der Waals surface area contributed by atoms with E-state index in [1.807, 2.05) is 36.2 Å². The number of benzene rings is 1. The molecular formula is C35H44ClFN8O3. The second-order valence-electron chi connectivity index (χ2n) is 14.0. The molecule has 0 spiro atoms. The number of nitrogens with two attached hydrogens (primary N) is 1. The third kappa shape index (κ3) is 7.60. The highest BCUT2D eigenvalue weighted by Gasteiger charge is 2.30. The van der Waals surface area contributed by atoms with Crippen molar-refractivity contribution >= 4 is 40.4 Å². The van der Waals surface area contributed by atoms with Crippen molar-refractivity contribution in [1.29, 1.82) is 0 Å². The van der Waals surface area contributed by atoms with Gasteiger partial charge in [-0.05, 0) is 83.4 Å². The summed E-state index contributed by atoms with van der Waals surface area (Å²) in [7, 11) is 0. The molecule has 48 heavy (non-hydrogen) atoms. The standard InChI is InChI=1S/C35H44ClFN8O3/c1-20(2)31-26(19-45(43-31)30-8-6-7-13-47-30)21-14-29-32(40-23-10-11-24(16-23)41-34(46)48-35(3,4)5)25(17-39-44(29)18-21)33(38)42-28-15-22(37)9-12-27(28)36/h9,12,14-15,17-20,23-24,30,40H,6-8,10-11,13,16H2,1-5H3,(H2,38,42)(H,41,46)/t23-,24+,30?/m1/s1. The smallest absolute Gasteiger partial charge is 0.407 e. The Morgan fingerprint density at radius 3 is 2.69 bits per heavy atom. The lowest BCUT2D eigenvalue weighted by Crippen LogP contribution is -2.38. The van der Waals surface area contributed by atoms with E-state index in [0.717, 1.165) is 66.7 Å². The molecule has 13 heteroatoms. The average Bonchev–Trinajstić information content (AvgIpc) is 3.77. The largest absolute Gasteiger partial charge is 0.444 e. The highest BCUT2D eigenvalue weighted by Crippen LogP contribution is 2.36. The minimum absolute atomic E-state index is 0.0104. The van der Waals surface area contributed by atoms with E-state index in [0.29, 0.717) is 12.0 Å². The Kier molecular flexibility index (Phi) is 9.67. The molecular weight excluding hydrogens is 635 g/mol. The zero-order chi connectivity index (χ0) is 34.2. The van der Waals surface area contributed by atoms with Gasteiger partial charge in [-0.3, -0.25) is 0 Å². The molecule has 1 saturated carbocycles. The molecule has 1 saturated heterocycles. The van der Waals surface area contributed by atoms with Crippen LogP contribution in [-0.2, 0) is 9.47 Å². The third-order valence-electron chi connectivity index (χ3n) is 8.63. The Morgan fingerprint density at radius 1 is 1.17 bits per heavy atom. The summed E-state index contributed by atoms with van der Waals surface area (Å²) in [5.74, 6) is -0.154. The van der Waals surface area contributed by atoms with Gasteiger partial charge >= 0.3 is 6.09 Å². The van der Waals surface area contributed by atoms with Gasteiger partial charge in [0.25, 0.3) is 0 Å². The lowest BCUT2D eigenvalue weighted by molar-refractivity contribution is -0.0397. The van der Waals surface area contributed by atoms with E-state index in [2.05, 4.69) is 41.7 Å². The van der Waals surface area contributed by atoms with E-state index in [4.69, 9.17) is 37.0 Å². The van der Waals surface area contributed by atoms with Gasteiger partial charge in [-0.15, -0.1) is 0 Å². The van der Waals surface area contributed by atoms with Gasteiger partial charge in [-0.25, -0.2) is 23.4 Å². The van der Waals surface area contributed by atoms with Crippen LogP contribution >= 0.6 is 11.6 Å². The predicted octanol–water partition coefficient (Wildman–Crippen LogP) is 7.71. The maximum atomic E-state index is 14.1. The number of amidine groups is 1. The summed E-state index contributed by atoms with van der Waals surface area (Å²) in [5, 5.41) is 16.7. The van der Waals surface area contributed by atoms with Crippen molar-refractivity contribution in [3.05, 3.63) is 65.0 Å². The topological polar surface area (TPSA) is 133 Å². The molecule has 3 atom stereocenters. The Labute approximate surface area is 285 Å². The van der Waals surface area contributed by atoms with Crippen LogP contribution in [0.2, 0.25) is 5.02 Å². The molecule has 2 aliphatic rings. The molecule has 6 rings (SSSR count). The summed E-state index contributed by atoms with van der Waals surface area (Å²) < 4.78 is 29.4. The van der Waals surface area contributed by atoms with Crippen LogP contribution in [0, 0.1) is 5.82 Å². The zero-order valence-corrected chi connectivity index (χ0v) is 28.9. The van der Waals surface area contributed by atoms with Gasteiger partial charge in [0.05, 0.1) is 39.4 Å². The molecule has 4 aromatic rings. The lowest BCUT2D eigenvalue weighted by Gasteiger charge is -2.22. The molecule has 11 nitrogen and oxygen atoms in total. The zero-order valence-electron chi connectivity index (χ0n) is 28.1. The molecule has 1 amide bonds. The van der Waals surface area contributed by atoms with E-state index in [9.17, 15) is 9.18 Å². The average molecular weight is 679 g/mol. The summed E-state index contributed by atoms with van der Waals surface area (Å²) in [4.78, 5) is 17.0. The van der Waals surface area contributed by atoms with Gasteiger partial charge in [0.2, 0.25) is 0 Å². The molecule has 1 aliphatic carbocycles. The van der Waals surface area contributed by atoms with Gasteiger partial charge in [-0.2, -0.15) is 10.2 Å². The molecule has 256 valence electrons. The number of aliphatic imine (C=N–C) groups is 1. The van der Waals surface area contributed by atoms with Crippen LogP contribution in [0.25, 0.3) is 16.6 Å². The molecule has 1 aliphatic heterocycles. The number of nitrogens with zero attached hydrogens (tertiary/aromatic N) is 5. The maximum Gasteiger partial charge on any atom is 0.407 e. The first-order valence-electron chi connectivity index (χ1n) is 16.6. The predicted molar refractivity (Wildman–Crippen MR) is 186 cm³/mol. The van der Waals surface area contributed by atoms with Gasteiger partial charge in [0, 0.05) is 48.3 Å².